The molecule has 0 bridgehead atoms. The molecule has 11 heavy (non-hydrogen) atoms. The van der Waals surface area contributed by atoms with E-state index in [2.05, 4.69) is 11.9 Å². The maximum Gasteiger partial charge on any atom is 0.0603 e. The van der Waals surface area contributed by atoms with Crippen LogP contribution in [0.15, 0.2) is 12.7 Å². The lowest BCUT2D eigenvalue weighted by atomic mass is 10.1. The van der Waals surface area contributed by atoms with Crippen molar-refractivity contribution in [3.05, 3.63) is 12.7 Å². The fourth-order valence-corrected chi connectivity index (χ4v) is 0.689. The van der Waals surface area contributed by atoms with Crippen LogP contribution >= 0.6 is 0 Å². The predicted molar refractivity (Wildman–Crippen MR) is 48.6 cm³/mol. The lowest BCUT2D eigenvalue weighted by molar-refractivity contribution is 0.0709. The molecule has 1 atom stereocenters. The normalized spacial score (nSPS) is 14.5. The first-order valence-electron chi connectivity index (χ1n) is 4.04. The molecule has 2 N–H and O–H groups in total. The third kappa shape index (κ3) is 7.56. The van der Waals surface area contributed by atoms with Gasteiger partial charge in [-0.25, -0.2) is 0 Å². The van der Waals surface area contributed by atoms with Gasteiger partial charge in [0.15, 0.2) is 0 Å². The third-order valence-electron chi connectivity index (χ3n) is 1.56. The number of hydrogen-bond donors (Lipinski definition) is 2. The molecule has 0 saturated heterocycles. The van der Waals surface area contributed by atoms with Crippen molar-refractivity contribution in [3.63, 3.8) is 0 Å². The summed E-state index contributed by atoms with van der Waals surface area (Å²) in [5.74, 6) is 0. The molecule has 0 spiro atoms. The Bertz CT molecular complexity index is 115. The Morgan fingerprint density at radius 1 is 1.64 bits per heavy atom. The van der Waals surface area contributed by atoms with Gasteiger partial charge in [0.25, 0.3) is 0 Å². The highest BCUT2D eigenvalue weighted by Gasteiger charge is 2.11. The van der Waals surface area contributed by atoms with Gasteiger partial charge in [0.05, 0.1) is 5.60 Å². The fourth-order valence-electron chi connectivity index (χ4n) is 0.689. The van der Waals surface area contributed by atoms with E-state index in [0.29, 0.717) is 6.04 Å². The molecular formula is C9H19NO. The second-order valence-corrected chi connectivity index (χ2v) is 3.54. The van der Waals surface area contributed by atoms with E-state index in [1.807, 2.05) is 26.8 Å². The van der Waals surface area contributed by atoms with Crippen LogP contribution in [0.2, 0.25) is 0 Å². The van der Waals surface area contributed by atoms with Gasteiger partial charge >= 0.3 is 0 Å². The number of nitrogens with one attached hydrogen (secondary N) is 1. The largest absolute Gasteiger partial charge is 0.390 e. The van der Waals surface area contributed by atoms with E-state index < -0.39 is 5.60 Å². The van der Waals surface area contributed by atoms with Gasteiger partial charge in [0.2, 0.25) is 0 Å². The van der Waals surface area contributed by atoms with Crippen molar-refractivity contribution in [2.24, 2.45) is 0 Å². The summed E-state index contributed by atoms with van der Waals surface area (Å²) < 4.78 is 0. The first-order chi connectivity index (χ1) is 4.95. The van der Waals surface area contributed by atoms with Gasteiger partial charge in [0.1, 0.15) is 0 Å². The van der Waals surface area contributed by atoms with E-state index >= 15 is 0 Å². The molecule has 0 aromatic heterocycles. The molecule has 0 aromatic rings. The van der Waals surface area contributed by atoms with Crippen molar-refractivity contribution in [3.8, 4) is 0 Å². The Morgan fingerprint density at radius 2 is 2.18 bits per heavy atom. The minimum atomic E-state index is -0.562. The molecule has 0 amide bonds. The average molecular weight is 157 g/mol. The van der Waals surface area contributed by atoms with Gasteiger partial charge in [-0.2, -0.15) is 0 Å². The molecule has 0 saturated carbocycles. The van der Waals surface area contributed by atoms with Crippen molar-refractivity contribution < 1.29 is 5.11 Å². The predicted octanol–water partition coefficient (Wildman–Crippen LogP) is 1.31. The minimum absolute atomic E-state index is 0.331. The van der Waals surface area contributed by atoms with Crippen molar-refractivity contribution in [2.75, 3.05) is 6.54 Å². The third-order valence-corrected chi connectivity index (χ3v) is 1.56. The standard InChI is InChI=1S/C9H19NO/c1-5-8(2)10-7-6-9(3,4)11/h5,8,10-11H,1,6-7H2,2-4H3. The van der Waals surface area contributed by atoms with E-state index in [1.54, 1.807) is 0 Å². The van der Waals surface area contributed by atoms with Crippen LogP contribution in [-0.4, -0.2) is 23.3 Å². The van der Waals surface area contributed by atoms with Crippen LogP contribution in [0.25, 0.3) is 0 Å². The van der Waals surface area contributed by atoms with Crippen LogP contribution in [0.1, 0.15) is 27.2 Å². The highest BCUT2D eigenvalue weighted by atomic mass is 16.3. The summed E-state index contributed by atoms with van der Waals surface area (Å²) in [7, 11) is 0. The van der Waals surface area contributed by atoms with Gasteiger partial charge in [-0.05, 0) is 33.7 Å². The van der Waals surface area contributed by atoms with Gasteiger partial charge in [0, 0.05) is 6.04 Å². The zero-order valence-electron chi connectivity index (χ0n) is 7.72. The Balaban J connectivity index is 3.35. The molecule has 0 aromatic carbocycles. The lowest BCUT2D eigenvalue weighted by Crippen LogP contribution is -2.30. The summed E-state index contributed by atoms with van der Waals surface area (Å²) in [6.45, 7) is 10.1. The Kier molecular flexibility index (Phi) is 4.38. The zero-order valence-corrected chi connectivity index (χ0v) is 7.72. The topological polar surface area (TPSA) is 32.3 Å². The van der Waals surface area contributed by atoms with Gasteiger partial charge in [-0.15, -0.1) is 6.58 Å². The van der Waals surface area contributed by atoms with Crippen LogP contribution in [0.4, 0.5) is 0 Å². The maximum absolute atomic E-state index is 9.34. The van der Waals surface area contributed by atoms with Crippen LogP contribution in [-0.2, 0) is 0 Å². The SMILES string of the molecule is C=CC(C)NCCC(C)(C)O. The van der Waals surface area contributed by atoms with E-state index in [-0.39, 0.29) is 0 Å². The first kappa shape index (κ1) is 10.7. The number of aliphatic hydroxyl groups is 1. The lowest BCUT2D eigenvalue weighted by Gasteiger charge is -2.18. The first-order valence-corrected chi connectivity index (χ1v) is 4.04. The minimum Gasteiger partial charge on any atom is -0.390 e. The van der Waals surface area contributed by atoms with E-state index in [0.717, 1.165) is 13.0 Å². The Morgan fingerprint density at radius 3 is 2.55 bits per heavy atom. The summed E-state index contributed by atoms with van der Waals surface area (Å²) in [5.41, 5.74) is -0.562. The Labute approximate surface area is 69.3 Å². The van der Waals surface area contributed by atoms with E-state index in [4.69, 9.17) is 0 Å². The maximum atomic E-state index is 9.34. The van der Waals surface area contributed by atoms with Crippen LogP contribution in [0.3, 0.4) is 0 Å². The molecule has 2 heteroatoms. The highest BCUT2D eigenvalue weighted by Crippen LogP contribution is 2.05. The summed E-state index contributed by atoms with van der Waals surface area (Å²) >= 11 is 0. The second kappa shape index (κ2) is 4.52. The molecule has 0 radical (unpaired) electrons. The van der Waals surface area contributed by atoms with Crippen LogP contribution in [0, 0.1) is 0 Å². The number of rotatable bonds is 5. The molecule has 2 nitrogen and oxygen atoms in total. The van der Waals surface area contributed by atoms with Crippen molar-refractivity contribution >= 4 is 0 Å². The highest BCUT2D eigenvalue weighted by molar-refractivity contribution is 4.81. The van der Waals surface area contributed by atoms with Crippen LogP contribution in [0.5, 0.6) is 0 Å². The van der Waals surface area contributed by atoms with Gasteiger partial charge in [-0.3, -0.25) is 0 Å². The van der Waals surface area contributed by atoms with Gasteiger partial charge in [-0.1, -0.05) is 6.08 Å². The Hall–Kier alpha value is -0.340. The average Bonchev–Trinajstić information content (AvgIpc) is 1.85. The fraction of sp³-hybridized carbons (Fsp3) is 0.778. The number of hydrogen-bond acceptors (Lipinski definition) is 2. The van der Waals surface area contributed by atoms with E-state index in [9.17, 15) is 5.11 Å². The quantitative estimate of drug-likeness (QED) is 0.590. The smallest absolute Gasteiger partial charge is 0.0603 e. The molecule has 0 aliphatic carbocycles. The molecule has 0 heterocycles. The van der Waals surface area contributed by atoms with Gasteiger partial charge < -0.3 is 10.4 Å². The molecule has 1 unspecified atom stereocenters. The molecule has 0 rings (SSSR count). The van der Waals surface area contributed by atoms with Crippen molar-refractivity contribution in [1.29, 1.82) is 0 Å². The molecule has 0 aliphatic heterocycles. The van der Waals surface area contributed by atoms with Crippen molar-refractivity contribution in [1.82, 2.24) is 5.32 Å². The second-order valence-electron chi connectivity index (χ2n) is 3.54. The summed E-state index contributed by atoms with van der Waals surface area (Å²) in [5, 5.41) is 12.5. The summed E-state index contributed by atoms with van der Waals surface area (Å²) in [6.07, 6.45) is 2.62. The zero-order chi connectivity index (χ0) is 8.91. The molecular weight excluding hydrogens is 138 g/mol. The van der Waals surface area contributed by atoms with E-state index in [1.165, 1.54) is 0 Å². The molecule has 66 valence electrons. The molecule has 0 aliphatic rings. The van der Waals surface area contributed by atoms with Crippen LogP contribution < -0.4 is 5.32 Å². The monoisotopic (exact) mass is 157 g/mol. The summed E-state index contributed by atoms with van der Waals surface area (Å²) in [4.78, 5) is 0. The summed E-state index contributed by atoms with van der Waals surface area (Å²) in [6, 6.07) is 0.331. The molecule has 0 fully saturated rings. The van der Waals surface area contributed by atoms with Crippen molar-refractivity contribution in [2.45, 2.75) is 38.8 Å².